The third-order valence-corrected chi connectivity index (χ3v) is 2.87. The lowest BCUT2D eigenvalue weighted by Crippen LogP contribution is -2.11. The zero-order valence-electron chi connectivity index (χ0n) is 7.31. The smallest absolute Gasteiger partial charge is 0.148 e. The van der Waals surface area contributed by atoms with E-state index in [-0.39, 0.29) is 0 Å². The average molecular weight is 207 g/mol. The first-order valence-corrected chi connectivity index (χ1v) is 5.26. The largest absolute Gasteiger partial charge is 0.304 e. The van der Waals surface area contributed by atoms with Gasteiger partial charge in [0.15, 0.2) is 0 Å². The Morgan fingerprint density at radius 1 is 1.07 bits per heavy atom. The Morgan fingerprint density at radius 2 is 1.79 bits per heavy atom. The molecule has 3 nitrogen and oxygen atoms in total. The van der Waals surface area contributed by atoms with Crippen LogP contribution in [0.2, 0.25) is 0 Å². The summed E-state index contributed by atoms with van der Waals surface area (Å²) in [6.07, 6.45) is 0. The predicted octanol–water partition coefficient (Wildman–Crippen LogP) is 1.84. The molecular formula is C10H9NO2S. The minimum atomic E-state index is -1.54. The van der Waals surface area contributed by atoms with E-state index in [2.05, 4.69) is 0 Å². The highest BCUT2D eigenvalue weighted by atomic mass is 32.2. The fourth-order valence-electron chi connectivity index (χ4n) is 1.34. The van der Waals surface area contributed by atoms with Gasteiger partial charge in [0.25, 0.3) is 0 Å². The van der Waals surface area contributed by atoms with Crippen LogP contribution in [0.1, 0.15) is 0 Å². The topological polar surface area (TPSA) is 49.3 Å². The van der Waals surface area contributed by atoms with E-state index in [1.54, 1.807) is 17.0 Å². The summed E-state index contributed by atoms with van der Waals surface area (Å²) in [5, 5.41) is 10.6. The van der Waals surface area contributed by atoms with Gasteiger partial charge in [-0.3, -0.25) is 0 Å². The summed E-state index contributed by atoms with van der Waals surface area (Å²) in [6, 6.07) is 13.2. The molecule has 0 fully saturated rings. The molecule has 0 spiro atoms. The molecule has 14 heavy (non-hydrogen) atoms. The van der Waals surface area contributed by atoms with Crippen LogP contribution in [0.15, 0.2) is 47.4 Å². The third-order valence-electron chi connectivity index (χ3n) is 2.02. The van der Waals surface area contributed by atoms with Gasteiger partial charge in [0.05, 0.1) is 4.90 Å². The van der Waals surface area contributed by atoms with Gasteiger partial charge in [0.2, 0.25) is 0 Å². The van der Waals surface area contributed by atoms with Crippen molar-refractivity contribution in [1.82, 2.24) is 4.89 Å². The molecule has 2 aromatic rings. The van der Waals surface area contributed by atoms with Crippen molar-refractivity contribution in [2.24, 2.45) is 0 Å². The molecule has 72 valence electrons. The summed E-state index contributed by atoms with van der Waals surface area (Å²) in [4.78, 5) is 2.28. The van der Waals surface area contributed by atoms with Crippen molar-refractivity contribution in [1.29, 1.82) is 0 Å². The minimum Gasteiger partial charge on any atom is -0.304 e. The quantitative estimate of drug-likeness (QED) is 0.738. The Bertz CT molecular complexity index is 484. The lowest BCUT2D eigenvalue weighted by molar-refractivity contribution is 0.251. The molecule has 2 N–H and O–H groups in total. The standard InChI is InChI=1S/C10H9NO2S/c12-11-14(13)10-6-5-8-3-1-2-4-9(8)7-10/h1-7,11-12H. The first kappa shape index (κ1) is 9.33. The highest BCUT2D eigenvalue weighted by Crippen LogP contribution is 2.16. The molecule has 0 aromatic heterocycles. The monoisotopic (exact) mass is 207 g/mol. The normalized spacial score (nSPS) is 12.9. The number of hydrogen-bond acceptors (Lipinski definition) is 2. The van der Waals surface area contributed by atoms with Gasteiger partial charge in [0, 0.05) is 0 Å². The van der Waals surface area contributed by atoms with Crippen LogP contribution < -0.4 is 4.89 Å². The van der Waals surface area contributed by atoms with Crippen molar-refractivity contribution >= 4 is 21.8 Å². The second-order valence-corrected chi connectivity index (χ2v) is 4.06. The second kappa shape index (κ2) is 3.88. The summed E-state index contributed by atoms with van der Waals surface area (Å²) < 4.78 is 11.2. The molecule has 1 atom stereocenters. The van der Waals surface area contributed by atoms with E-state index in [4.69, 9.17) is 5.21 Å². The van der Waals surface area contributed by atoms with E-state index in [1.807, 2.05) is 30.3 Å². The highest BCUT2D eigenvalue weighted by Gasteiger charge is 2.01. The molecule has 2 rings (SSSR count). The van der Waals surface area contributed by atoms with Gasteiger partial charge >= 0.3 is 0 Å². The van der Waals surface area contributed by atoms with Crippen LogP contribution in [0.5, 0.6) is 0 Å². The lowest BCUT2D eigenvalue weighted by atomic mass is 10.1. The summed E-state index contributed by atoms with van der Waals surface area (Å²) in [5.41, 5.74) is 0. The third kappa shape index (κ3) is 1.68. The Morgan fingerprint density at radius 3 is 2.50 bits per heavy atom. The second-order valence-electron chi connectivity index (χ2n) is 2.87. The van der Waals surface area contributed by atoms with Gasteiger partial charge in [-0.15, -0.1) is 4.89 Å². The Balaban J connectivity index is 2.56. The minimum absolute atomic E-state index is 0.561. The Labute approximate surface area is 83.9 Å². The number of rotatable bonds is 2. The summed E-state index contributed by atoms with van der Waals surface area (Å²) in [5.74, 6) is 0. The number of fused-ring (bicyclic) bond motifs is 1. The lowest BCUT2D eigenvalue weighted by Gasteiger charge is -2.01. The molecule has 0 aliphatic rings. The van der Waals surface area contributed by atoms with Crippen LogP contribution in [0.4, 0.5) is 0 Å². The van der Waals surface area contributed by atoms with E-state index >= 15 is 0 Å². The van der Waals surface area contributed by atoms with Crippen LogP contribution in [0.25, 0.3) is 10.8 Å². The molecule has 0 amide bonds. The fraction of sp³-hybridized carbons (Fsp3) is 0. The molecule has 2 aromatic carbocycles. The Hall–Kier alpha value is -1.23. The van der Waals surface area contributed by atoms with E-state index in [0.29, 0.717) is 4.90 Å². The van der Waals surface area contributed by atoms with Crippen LogP contribution >= 0.6 is 0 Å². The van der Waals surface area contributed by atoms with Gasteiger partial charge < -0.3 is 5.21 Å². The molecule has 1 unspecified atom stereocenters. The maximum absolute atomic E-state index is 11.2. The Kier molecular flexibility index (Phi) is 2.58. The van der Waals surface area contributed by atoms with E-state index in [9.17, 15) is 4.21 Å². The predicted molar refractivity (Wildman–Crippen MR) is 55.3 cm³/mol. The maximum atomic E-state index is 11.2. The maximum Gasteiger partial charge on any atom is 0.148 e. The van der Waals surface area contributed by atoms with Crippen molar-refractivity contribution < 1.29 is 9.42 Å². The SMILES string of the molecule is O=S(NO)c1ccc2ccccc2c1. The summed E-state index contributed by atoms with van der Waals surface area (Å²) in [6.45, 7) is 0. The zero-order chi connectivity index (χ0) is 9.97. The van der Waals surface area contributed by atoms with Crippen LogP contribution in [-0.4, -0.2) is 9.42 Å². The van der Waals surface area contributed by atoms with E-state index < -0.39 is 11.0 Å². The molecule has 4 heteroatoms. The van der Waals surface area contributed by atoms with Gasteiger partial charge in [-0.2, -0.15) is 0 Å². The highest BCUT2D eigenvalue weighted by molar-refractivity contribution is 7.82. The summed E-state index contributed by atoms with van der Waals surface area (Å²) in [7, 11) is -1.54. The van der Waals surface area contributed by atoms with Gasteiger partial charge in [-0.25, -0.2) is 4.21 Å². The molecule has 0 heterocycles. The molecular weight excluding hydrogens is 198 g/mol. The van der Waals surface area contributed by atoms with Crippen LogP contribution in [-0.2, 0) is 11.0 Å². The zero-order valence-corrected chi connectivity index (χ0v) is 8.12. The average Bonchev–Trinajstić information content (AvgIpc) is 2.27. The number of hydrogen-bond donors (Lipinski definition) is 2. The number of nitrogens with one attached hydrogen (secondary N) is 1. The van der Waals surface area contributed by atoms with Crippen molar-refractivity contribution in [2.75, 3.05) is 0 Å². The van der Waals surface area contributed by atoms with Gasteiger partial charge in [-0.05, 0) is 22.9 Å². The molecule has 0 aliphatic carbocycles. The first-order chi connectivity index (χ1) is 6.81. The molecule has 0 saturated heterocycles. The molecule has 0 radical (unpaired) electrons. The molecule has 0 saturated carbocycles. The van der Waals surface area contributed by atoms with Crippen LogP contribution in [0, 0.1) is 0 Å². The van der Waals surface area contributed by atoms with E-state index in [0.717, 1.165) is 10.8 Å². The molecule has 0 bridgehead atoms. The van der Waals surface area contributed by atoms with Crippen molar-refractivity contribution in [2.45, 2.75) is 4.90 Å². The molecule has 0 aliphatic heterocycles. The fourth-order valence-corrected chi connectivity index (χ4v) is 1.87. The summed E-state index contributed by atoms with van der Waals surface area (Å²) >= 11 is 0. The number of benzene rings is 2. The van der Waals surface area contributed by atoms with E-state index in [1.165, 1.54) is 0 Å². The van der Waals surface area contributed by atoms with Crippen molar-refractivity contribution in [3.8, 4) is 0 Å². The van der Waals surface area contributed by atoms with Gasteiger partial charge in [-0.1, -0.05) is 30.3 Å². The van der Waals surface area contributed by atoms with Crippen molar-refractivity contribution in [3.63, 3.8) is 0 Å². The first-order valence-electron chi connectivity index (χ1n) is 4.11. The van der Waals surface area contributed by atoms with Crippen LogP contribution in [0.3, 0.4) is 0 Å². The van der Waals surface area contributed by atoms with Gasteiger partial charge in [0.1, 0.15) is 11.0 Å². The van der Waals surface area contributed by atoms with Crippen molar-refractivity contribution in [3.05, 3.63) is 42.5 Å².